The minimum absolute atomic E-state index is 0.0940. The molecule has 1 N–H and O–H groups in total. The molecule has 0 fully saturated rings. The van der Waals surface area contributed by atoms with Crippen molar-refractivity contribution in [3.63, 3.8) is 0 Å². The summed E-state index contributed by atoms with van der Waals surface area (Å²) in [6.07, 6.45) is 0.808. The van der Waals surface area contributed by atoms with E-state index in [9.17, 15) is 9.18 Å². The second kappa shape index (κ2) is 8.29. The first-order chi connectivity index (χ1) is 13.3. The fourth-order valence-electron chi connectivity index (χ4n) is 3.19. The summed E-state index contributed by atoms with van der Waals surface area (Å²) < 4.78 is 14.9. The van der Waals surface area contributed by atoms with E-state index >= 15 is 0 Å². The van der Waals surface area contributed by atoms with E-state index in [1.807, 2.05) is 39.8 Å². The maximum atomic E-state index is 13.2. The van der Waals surface area contributed by atoms with Crippen LogP contribution in [0.15, 0.2) is 30.3 Å². The number of hydrogen-bond donors (Lipinski definition) is 1. The van der Waals surface area contributed by atoms with Gasteiger partial charge >= 0.3 is 0 Å². The third-order valence-corrected chi connectivity index (χ3v) is 4.56. The highest BCUT2D eigenvalue weighted by Gasteiger charge is 2.17. The number of aromatic nitrogens is 4. The van der Waals surface area contributed by atoms with Crippen molar-refractivity contribution in [3.05, 3.63) is 70.1 Å². The van der Waals surface area contributed by atoms with Gasteiger partial charge in [-0.25, -0.2) is 19.0 Å². The molecule has 2 heterocycles. The zero-order chi connectivity index (χ0) is 20.3. The number of carbonyl (C=O) groups excluding carboxylic acids is 1. The van der Waals surface area contributed by atoms with Gasteiger partial charge in [-0.1, -0.05) is 12.1 Å². The predicted molar refractivity (Wildman–Crippen MR) is 105 cm³/mol. The molecule has 0 aliphatic rings. The predicted octanol–water partition coefficient (Wildman–Crippen LogP) is 2.94. The van der Waals surface area contributed by atoms with Gasteiger partial charge in [0.05, 0.1) is 12.1 Å². The lowest BCUT2D eigenvalue weighted by molar-refractivity contribution is -0.120. The van der Waals surface area contributed by atoms with Gasteiger partial charge in [-0.3, -0.25) is 4.79 Å². The topological polar surface area (TPSA) is 72.7 Å². The monoisotopic (exact) mass is 381 g/mol. The van der Waals surface area contributed by atoms with E-state index in [4.69, 9.17) is 0 Å². The SMILES string of the molecule is Cc1cc(C)nc(-n2nc(C)c(CC(=O)NCCc3cccc(F)c3)c2C)n1. The van der Waals surface area contributed by atoms with Crippen molar-refractivity contribution in [3.8, 4) is 5.95 Å². The van der Waals surface area contributed by atoms with Gasteiger partial charge in [-0.15, -0.1) is 0 Å². The standard InChI is InChI=1S/C21H24FN5O/c1-13-10-14(2)25-21(24-13)27-16(4)19(15(3)26-27)12-20(28)23-9-8-17-6-5-7-18(22)11-17/h5-7,10-11H,8-9,12H2,1-4H3,(H,23,28). The number of halogens is 1. The summed E-state index contributed by atoms with van der Waals surface area (Å²) in [5.41, 5.74) is 5.08. The Labute approximate surface area is 163 Å². The smallest absolute Gasteiger partial charge is 0.251 e. The van der Waals surface area contributed by atoms with Crippen LogP contribution >= 0.6 is 0 Å². The van der Waals surface area contributed by atoms with Crippen molar-refractivity contribution in [1.82, 2.24) is 25.1 Å². The Balaban J connectivity index is 1.67. The maximum absolute atomic E-state index is 13.2. The van der Waals surface area contributed by atoms with Gasteiger partial charge in [0, 0.05) is 29.2 Å². The zero-order valence-corrected chi connectivity index (χ0v) is 16.6. The van der Waals surface area contributed by atoms with Crippen LogP contribution in [0.5, 0.6) is 0 Å². The summed E-state index contributed by atoms with van der Waals surface area (Å²) in [5, 5.41) is 7.41. The highest BCUT2D eigenvalue weighted by atomic mass is 19.1. The van der Waals surface area contributed by atoms with E-state index in [1.165, 1.54) is 12.1 Å². The molecular weight excluding hydrogens is 357 g/mol. The Bertz CT molecular complexity index is 992. The van der Waals surface area contributed by atoms with Crippen molar-refractivity contribution in [1.29, 1.82) is 0 Å². The van der Waals surface area contributed by atoms with Gasteiger partial charge in [0.15, 0.2) is 0 Å². The Hall–Kier alpha value is -3.09. The second-order valence-corrected chi connectivity index (χ2v) is 6.92. The molecule has 3 rings (SSSR count). The van der Waals surface area contributed by atoms with Gasteiger partial charge in [0.1, 0.15) is 5.82 Å². The Morgan fingerprint density at radius 2 is 1.82 bits per heavy atom. The summed E-state index contributed by atoms with van der Waals surface area (Å²) in [4.78, 5) is 21.3. The van der Waals surface area contributed by atoms with Crippen LogP contribution in [-0.4, -0.2) is 32.2 Å². The number of amides is 1. The zero-order valence-electron chi connectivity index (χ0n) is 16.6. The van der Waals surface area contributed by atoms with Crippen LogP contribution in [0.1, 0.15) is 33.9 Å². The van der Waals surface area contributed by atoms with Crippen molar-refractivity contribution in [2.75, 3.05) is 6.54 Å². The normalized spacial score (nSPS) is 10.9. The number of nitrogens with zero attached hydrogens (tertiary/aromatic N) is 4. The third-order valence-electron chi connectivity index (χ3n) is 4.56. The fourth-order valence-corrected chi connectivity index (χ4v) is 3.19. The average molecular weight is 381 g/mol. The lowest BCUT2D eigenvalue weighted by Crippen LogP contribution is -2.27. The van der Waals surface area contributed by atoms with E-state index in [0.29, 0.717) is 18.9 Å². The average Bonchev–Trinajstić information content (AvgIpc) is 2.89. The molecule has 1 aromatic carbocycles. The number of benzene rings is 1. The van der Waals surface area contributed by atoms with Crippen molar-refractivity contribution < 1.29 is 9.18 Å². The molecule has 0 saturated heterocycles. The molecule has 0 aliphatic carbocycles. The van der Waals surface area contributed by atoms with Gasteiger partial charge in [0.2, 0.25) is 5.91 Å². The Morgan fingerprint density at radius 3 is 2.50 bits per heavy atom. The minimum atomic E-state index is -0.268. The van der Waals surface area contributed by atoms with Crippen LogP contribution in [0.3, 0.4) is 0 Å². The number of nitrogens with one attached hydrogen (secondary N) is 1. The minimum Gasteiger partial charge on any atom is -0.355 e. The van der Waals surface area contributed by atoms with E-state index < -0.39 is 0 Å². The lowest BCUT2D eigenvalue weighted by Gasteiger charge is -2.07. The molecule has 1 amide bonds. The molecule has 28 heavy (non-hydrogen) atoms. The molecule has 0 spiro atoms. The summed E-state index contributed by atoms with van der Waals surface area (Å²) >= 11 is 0. The van der Waals surface area contributed by atoms with E-state index in [-0.39, 0.29) is 18.1 Å². The quantitative estimate of drug-likeness (QED) is 0.713. The number of aryl methyl sites for hydroxylation is 3. The summed E-state index contributed by atoms with van der Waals surface area (Å²) in [6, 6.07) is 8.31. The fraction of sp³-hybridized carbons (Fsp3) is 0.333. The second-order valence-electron chi connectivity index (χ2n) is 6.92. The molecule has 0 unspecified atom stereocenters. The van der Waals surface area contributed by atoms with Gasteiger partial charge in [-0.05, 0) is 57.9 Å². The van der Waals surface area contributed by atoms with E-state index in [1.54, 1.807) is 10.7 Å². The van der Waals surface area contributed by atoms with Gasteiger partial charge in [-0.2, -0.15) is 5.10 Å². The number of hydrogen-bond acceptors (Lipinski definition) is 4. The van der Waals surface area contributed by atoms with Crippen LogP contribution in [0.4, 0.5) is 4.39 Å². The highest BCUT2D eigenvalue weighted by Crippen LogP contribution is 2.17. The third kappa shape index (κ3) is 4.60. The van der Waals surface area contributed by atoms with E-state index in [0.717, 1.165) is 33.9 Å². The van der Waals surface area contributed by atoms with Crippen LogP contribution in [-0.2, 0) is 17.6 Å². The molecule has 0 aliphatic heterocycles. The number of rotatable bonds is 6. The first-order valence-electron chi connectivity index (χ1n) is 9.22. The highest BCUT2D eigenvalue weighted by molar-refractivity contribution is 5.79. The molecule has 6 nitrogen and oxygen atoms in total. The van der Waals surface area contributed by atoms with Gasteiger partial charge < -0.3 is 5.32 Å². The molecule has 0 radical (unpaired) electrons. The van der Waals surface area contributed by atoms with Crippen LogP contribution in [0.2, 0.25) is 0 Å². The van der Waals surface area contributed by atoms with Crippen molar-refractivity contribution in [2.24, 2.45) is 0 Å². The molecule has 0 bridgehead atoms. The summed E-state index contributed by atoms with van der Waals surface area (Å²) in [5.74, 6) is 0.149. The molecular formula is C21H24FN5O. The van der Waals surface area contributed by atoms with Crippen LogP contribution in [0, 0.1) is 33.5 Å². The molecule has 3 aromatic rings. The molecule has 7 heteroatoms. The molecule has 2 aromatic heterocycles. The van der Waals surface area contributed by atoms with E-state index in [2.05, 4.69) is 20.4 Å². The first-order valence-corrected chi connectivity index (χ1v) is 9.22. The lowest BCUT2D eigenvalue weighted by atomic mass is 10.1. The summed E-state index contributed by atoms with van der Waals surface area (Å²) in [7, 11) is 0. The summed E-state index contributed by atoms with van der Waals surface area (Å²) in [6.45, 7) is 8.07. The number of carbonyl (C=O) groups is 1. The molecule has 0 atom stereocenters. The largest absolute Gasteiger partial charge is 0.355 e. The molecule has 146 valence electrons. The van der Waals surface area contributed by atoms with Crippen LogP contribution in [0.25, 0.3) is 5.95 Å². The Kier molecular flexibility index (Phi) is 5.82. The first kappa shape index (κ1) is 19.7. The maximum Gasteiger partial charge on any atom is 0.251 e. The van der Waals surface area contributed by atoms with Crippen molar-refractivity contribution in [2.45, 2.75) is 40.5 Å². The van der Waals surface area contributed by atoms with Crippen molar-refractivity contribution >= 4 is 5.91 Å². The molecule has 0 saturated carbocycles. The van der Waals surface area contributed by atoms with Crippen LogP contribution < -0.4 is 5.32 Å². The Morgan fingerprint density at radius 1 is 1.11 bits per heavy atom. The van der Waals surface area contributed by atoms with Gasteiger partial charge in [0.25, 0.3) is 5.95 Å².